The van der Waals surface area contributed by atoms with Gasteiger partial charge in [-0.25, -0.2) is 0 Å². The second-order valence-electron chi connectivity index (χ2n) is 11.9. The molecule has 0 saturated carbocycles. The van der Waals surface area contributed by atoms with Crippen molar-refractivity contribution in [1.29, 1.82) is 0 Å². The summed E-state index contributed by atoms with van der Waals surface area (Å²) in [5.41, 5.74) is 11.0. The molecular formula is C34H38Cl2F7N2ORuS-. The smallest absolute Gasteiger partial charge is 0.0146 e. The molecule has 0 amide bonds. The third kappa shape index (κ3) is 9.82. The van der Waals surface area contributed by atoms with Crippen LogP contribution in [0.4, 0.5) is 42.1 Å². The monoisotopic (exact) mass is 827 g/mol. The van der Waals surface area contributed by atoms with Gasteiger partial charge in [-0.15, -0.1) is 0 Å². The van der Waals surface area contributed by atoms with E-state index >= 15 is 0 Å². The molecule has 0 bridgehead atoms. The molecule has 1 saturated heterocycles. The van der Waals surface area contributed by atoms with Crippen molar-refractivity contribution in [2.45, 2.75) is 83.7 Å². The van der Waals surface area contributed by atoms with Crippen molar-refractivity contribution in [2.75, 3.05) is 22.9 Å². The Hall–Kier alpha value is -2.01. The minimum atomic E-state index is -6.39. The van der Waals surface area contributed by atoms with E-state index in [4.69, 9.17) is 24.1 Å². The fourth-order valence-corrected chi connectivity index (χ4v) is 8.23. The predicted octanol–water partition coefficient (Wildman–Crippen LogP) is 11.4. The summed E-state index contributed by atoms with van der Waals surface area (Å²) in [5, 5.41) is -5.40. The molecule has 1 aliphatic rings. The minimum Gasteiger partial charge on any atom is -0.502 e. The van der Waals surface area contributed by atoms with Gasteiger partial charge in [0.2, 0.25) is 0 Å². The first-order valence-corrected chi connectivity index (χ1v) is 21.0. The quantitative estimate of drug-likeness (QED) is 0.0972. The first-order valence-electron chi connectivity index (χ1n) is 14.7. The number of halogens is 9. The Morgan fingerprint density at radius 3 is 1.58 bits per heavy atom. The van der Waals surface area contributed by atoms with Crippen molar-refractivity contribution < 1.29 is 49.0 Å². The van der Waals surface area contributed by atoms with Crippen molar-refractivity contribution in [2.24, 2.45) is 0 Å². The Bertz CT molecular complexity index is 1540. The molecule has 0 atom stereocenters. The van der Waals surface area contributed by atoms with Crippen molar-refractivity contribution in [3.8, 4) is 5.75 Å². The molecule has 3 nitrogen and oxygen atoms in total. The van der Waals surface area contributed by atoms with Gasteiger partial charge < -0.3 is 9.80 Å². The molecule has 0 spiro atoms. The molecule has 3 aromatic carbocycles. The van der Waals surface area contributed by atoms with Gasteiger partial charge >= 0.3 is 156 Å². The molecule has 0 radical (unpaired) electrons. The largest absolute Gasteiger partial charge is 0.502 e. The Morgan fingerprint density at radius 1 is 0.771 bits per heavy atom. The number of benzene rings is 3. The van der Waals surface area contributed by atoms with Crippen molar-refractivity contribution in [3.63, 3.8) is 0 Å². The fraction of sp³-hybridized carbons (Fsp3) is 0.412. The molecule has 268 valence electrons. The van der Waals surface area contributed by atoms with Crippen molar-refractivity contribution in [3.05, 3.63) is 88.1 Å². The number of anilines is 2. The Balaban J connectivity index is 0.000000261. The average molecular weight is 828 g/mol. The SMILES string of the molecule is CC(C)Oc1ccc(SC(F)(F)C(F)(F)C(F)(F)F)cc1[CH]=[Ru]([Cl])[Cl].Cc1cc(C)c(N2[CH-]N(c3c(C)cc(C)cc3C)CC2)c(C)c1. The second kappa shape index (κ2) is 15.9. The van der Waals surface area contributed by atoms with E-state index in [9.17, 15) is 30.7 Å². The Kier molecular flexibility index (Phi) is 13.4. The predicted molar refractivity (Wildman–Crippen MR) is 181 cm³/mol. The third-order valence-electron chi connectivity index (χ3n) is 7.20. The summed E-state index contributed by atoms with van der Waals surface area (Å²) >= 11 is -3.33. The van der Waals surface area contributed by atoms with E-state index in [0.717, 1.165) is 25.2 Å². The van der Waals surface area contributed by atoms with Crippen molar-refractivity contribution in [1.82, 2.24) is 0 Å². The number of hydrogen-bond acceptors (Lipinski definition) is 4. The number of nitrogens with zero attached hydrogens (tertiary/aromatic N) is 2. The number of hydrogen-bond donors (Lipinski definition) is 0. The van der Waals surface area contributed by atoms with Gasteiger partial charge in [-0.05, 0) is 63.8 Å². The Labute approximate surface area is 295 Å². The molecule has 3 aromatic rings. The van der Waals surface area contributed by atoms with Gasteiger partial charge in [-0.3, -0.25) is 0 Å². The molecule has 0 N–H and O–H groups in total. The van der Waals surface area contributed by atoms with E-state index in [-0.39, 0.29) is 17.4 Å². The van der Waals surface area contributed by atoms with Gasteiger partial charge in [0.15, 0.2) is 0 Å². The van der Waals surface area contributed by atoms with Crippen LogP contribution >= 0.6 is 31.1 Å². The second-order valence-corrected chi connectivity index (χ2v) is 18.8. The first kappa shape index (κ1) is 40.4. The van der Waals surface area contributed by atoms with Gasteiger partial charge in [-0.1, -0.05) is 35.4 Å². The number of ether oxygens (including phenoxy) is 1. The van der Waals surface area contributed by atoms with Gasteiger partial charge in [0, 0.05) is 24.5 Å². The fourth-order valence-electron chi connectivity index (χ4n) is 5.58. The van der Waals surface area contributed by atoms with E-state index in [1.54, 1.807) is 13.8 Å². The van der Waals surface area contributed by atoms with Crippen LogP contribution in [-0.2, 0) is 13.5 Å². The number of alkyl halides is 7. The van der Waals surface area contributed by atoms with Gasteiger partial charge in [0.05, 0.1) is 0 Å². The molecule has 0 aliphatic carbocycles. The van der Waals surface area contributed by atoms with E-state index in [2.05, 4.69) is 82.3 Å². The van der Waals surface area contributed by atoms with Crippen LogP contribution in [0.2, 0.25) is 0 Å². The zero-order valence-electron chi connectivity index (χ0n) is 27.7. The number of thioether (sulfide) groups is 1. The van der Waals surface area contributed by atoms with Crippen LogP contribution in [0, 0.1) is 48.2 Å². The van der Waals surface area contributed by atoms with E-state index in [0.29, 0.717) is 0 Å². The summed E-state index contributed by atoms with van der Waals surface area (Å²) in [5.74, 6) is -6.00. The number of aryl methyl sites for hydroxylation is 6. The molecule has 1 fully saturated rings. The molecule has 1 heterocycles. The van der Waals surface area contributed by atoms with E-state index in [1.807, 2.05) is 0 Å². The van der Waals surface area contributed by atoms with Gasteiger partial charge in [0.1, 0.15) is 0 Å². The van der Waals surface area contributed by atoms with Crippen LogP contribution in [0.25, 0.3) is 0 Å². The van der Waals surface area contributed by atoms with Crippen LogP contribution in [0.5, 0.6) is 5.75 Å². The molecule has 1 aliphatic heterocycles. The summed E-state index contributed by atoms with van der Waals surface area (Å²) in [6, 6.07) is 12.2. The molecule has 0 unspecified atom stereocenters. The maximum absolute atomic E-state index is 13.5. The number of rotatable bonds is 8. The van der Waals surface area contributed by atoms with E-state index in [1.165, 1.54) is 55.4 Å². The maximum Gasteiger partial charge on any atom is 0.0146 e. The van der Waals surface area contributed by atoms with Gasteiger partial charge in [-0.2, -0.15) is 6.67 Å². The van der Waals surface area contributed by atoms with Crippen LogP contribution in [0.3, 0.4) is 0 Å². The zero-order chi connectivity index (χ0) is 36.4. The van der Waals surface area contributed by atoms with Crippen LogP contribution in [0.1, 0.15) is 52.8 Å². The van der Waals surface area contributed by atoms with Crippen LogP contribution in [0.15, 0.2) is 47.4 Å². The third-order valence-corrected chi connectivity index (χ3v) is 10.0. The normalized spacial score (nSPS) is 14.2. The summed E-state index contributed by atoms with van der Waals surface area (Å²) in [6.45, 7) is 20.9. The summed E-state index contributed by atoms with van der Waals surface area (Å²) in [7, 11) is 11.4. The maximum atomic E-state index is 13.5. The van der Waals surface area contributed by atoms with Crippen LogP contribution in [-0.4, -0.2) is 41.2 Å². The summed E-state index contributed by atoms with van der Waals surface area (Å²) in [4.78, 5) is 4.30. The van der Waals surface area contributed by atoms with Gasteiger partial charge in [0.25, 0.3) is 0 Å². The summed E-state index contributed by atoms with van der Waals surface area (Å²) in [6.07, 6.45) is -6.68. The molecule has 0 aromatic heterocycles. The molecule has 4 rings (SSSR count). The zero-order valence-corrected chi connectivity index (χ0v) is 31.7. The van der Waals surface area contributed by atoms with Crippen molar-refractivity contribution >= 4 is 47.1 Å². The Morgan fingerprint density at radius 2 is 1.21 bits per heavy atom. The first-order chi connectivity index (χ1) is 22.0. The average Bonchev–Trinajstić information content (AvgIpc) is 3.36. The topological polar surface area (TPSA) is 15.7 Å². The molecular weight excluding hydrogens is 789 g/mol. The molecule has 48 heavy (non-hydrogen) atoms. The minimum absolute atomic E-state index is 0.147. The molecule has 14 heteroatoms. The standard InChI is InChI=1S/C21H27N2.C13H11F7OS.2ClH.Ru/c1-14-9-16(3)20(17(4)10-14)22-7-8-23(13-22)21-18(5)11-15(2)12-19(21)6;1-7(2)21-10-5-4-9(6-8(10)3)22-13(19,20)11(14,15)12(16,17)18;;;/h9-13H,7-8H2,1-6H3;3-7H,1-2H3;2*1H;/q-1;;;;+2/p-2. The summed E-state index contributed by atoms with van der Waals surface area (Å²) < 4.78 is 96.3. The van der Waals surface area contributed by atoms with E-state index < -0.39 is 47.5 Å². The van der Waals surface area contributed by atoms with Crippen LogP contribution < -0.4 is 14.5 Å².